The zero-order valence-electron chi connectivity index (χ0n) is 13.5. The van der Waals surface area contributed by atoms with Gasteiger partial charge in [0, 0.05) is 24.2 Å². The van der Waals surface area contributed by atoms with E-state index in [0.29, 0.717) is 13.0 Å². The Morgan fingerprint density at radius 2 is 2.23 bits per heavy atom. The summed E-state index contributed by atoms with van der Waals surface area (Å²) in [6, 6.07) is 6.37. The van der Waals surface area contributed by atoms with E-state index in [4.69, 9.17) is 9.47 Å². The molecule has 1 N–H and O–H groups in total. The Kier molecular flexibility index (Phi) is 3.96. The molecule has 1 aromatic carbocycles. The summed E-state index contributed by atoms with van der Waals surface area (Å²) in [5.41, 5.74) is 4.58. The Morgan fingerprint density at radius 3 is 2.91 bits per heavy atom. The lowest BCUT2D eigenvalue weighted by Gasteiger charge is -2.36. The molecule has 1 aromatic heterocycles. The minimum absolute atomic E-state index is 0.310. The number of benzene rings is 1. The van der Waals surface area contributed by atoms with Crippen LogP contribution in [-0.4, -0.2) is 17.6 Å². The number of aryl methyl sites for hydroxylation is 1. The molecule has 0 spiro atoms. The first kappa shape index (κ1) is 15.1. The zero-order valence-corrected chi connectivity index (χ0v) is 13.5. The molecule has 0 aliphatic carbocycles. The smallest absolute Gasteiger partial charge is 0.305 e. The average molecular weight is 301 g/mol. The second kappa shape index (κ2) is 5.76. The Hall–Kier alpha value is -1.81. The van der Waals surface area contributed by atoms with Gasteiger partial charge in [0.05, 0.1) is 12.3 Å². The lowest BCUT2D eigenvalue weighted by atomic mass is 9.96. The van der Waals surface area contributed by atoms with E-state index < -0.39 is 5.79 Å². The normalized spacial score (nSPS) is 20.9. The molecule has 1 aliphatic heterocycles. The molecule has 0 bridgehead atoms. The Labute approximate surface area is 130 Å². The van der Waals surface area contributed by atoms with Crippen LogP contribution in [0.2, 0.25) is 0 Å². The van der Waals surface area contributed by atoms with E-state index in [1.807, 2.05) is 0 Å². The molecule has 1 unspecified atom stereocenters. The summed E-state index contributed by atoms with van der Waals surface area (Å²) in [6.45, 7) is 6.23. The number of para-hydroxylation sites is 1. The first-order valence-corrected chi connectivity index (χ1v) is 8.07. The Balaban J connectivity index is 2.22. The van der Waals surface area contributed by atoms with Crippen LogP contribution in [0.25, 0.3) is 10.9 Å². The quantitative estimate of drug-likeness (QED) is 0.873. The molecular formula is C18H23NO3. The van der Waals surface area contributed by atoms with Crippen LogP contribution >= 0.6 is 0 Å². The van der Waals surface area contributed by atoms with Crippen LogP contribution in [-0.2, 0) is 32.9 Å². The summed E-state index contributed by atoms with van der Waals surface area (Å²) in [5.74, 6) is -1.27. The zero-order chi connectivity index (χ0) is 15.7. The number of carbonyl (C=O) groups excluding carboxylic acids is 1. The van der Waals surface area contributed by atoms with Gasteiger partial charge in [-0.3, -0.25) is 4.79 Å². The largest absolute Gasteiger partial charge is 0.427 e. The number of carbonyl (C=O) groups is 1. The van der Waals surface area contributed by atoms with Crippen molar-refractivity contribution in [3.05, 3.63) is 35.0 Å². The van der Waals surface area contributed by atoms with E-state index in [2.05, 4.69) is 37.0 Å². The molecule has 0 amide bonds. The van der Waals surface area contributed by atoms with Gasteiger partial charge in [-0.05, 0) is 30.4 Å². The van der Waals surface area contributed by atoms with Crippen LogP contribution in [0.4, 0.5) is 0 Å². The predicted molar refractivity (Wildman–Crippen MR) is 85.7 cm³/mol. The highest BCUT2D eigenvalue weighted by molar-refractivity contribution is 5.88. The maximum Gasteiger partial charge on any atom is 0.305 e. The molecule has 3 rings (SSSR count). The number of hydrogen-bond acceptors (Lipinski definition) is 3. The third kappa shape index (κ3) is 2.31. The van der Waals surface area contributed by atoms with Crippen LogP contribution in [0.5, 0.6) is 0 Å². The van der Waals surface area contributed by atoms with Crippen LogP contribution < -0.4 is 0 Å². The van der Waals surface area contributed by atoms with Crippen LogP contribution in [0, 0.1) is 0 Å². The molecule has 4 nitrogen and oxygen atoms in total. The van der Waals surface area contributed by atoms with Crippen molar-refractivity contribution in [2.75, 3.05) is 6.61 Å². The van der Waals surface area contributed by atoms with Gasteiger partial charge in [0.2, 0.25) is 0 Å². The van der Waals surface area contributed by atoms with Crippen molar-refractivity contribution in [1.82, 2.24) is 4.98 Å². The van der Waals surface area contributed by atoms with E-state index in [1.165, 1.54) is 23.4 Å². The van der Waals surface area contributed by atoms with Gasteiger partial charge in [0.1, 0.15) is 0 Å². The van der Waals surface area contributed by atoms with E-state index >= 15 is 0 Å². The second-order valence-electron chi connectivity index (χ2n) is 5.87. The van der Waals surface area contributed by atoms with Crippen molar-refractivity contribution in [1.29, 1.82) is 0 Å². The number of ether oxygens (including phenoxy) is 2. The van der Waals surface area contributed by atoms with Crippen molar-refractivity contribution in [3.8, 4) is 0 Å². The molecule has 2 heterocycles. The van der Waals surface area contributed by atoms with Gasteiger partial charge in [0.25, 0.3) is 5.79 Å². The summed E-state index contributed by atoms with van der Waals surface area (Å²) in [4.78, 5) is 15.1. The minimum Gasteiger partial charge on any atom is -0.427 e. The highest BCUT2D eigenvalue weighted by atomic mass is 16.7. The molecule has 0 saturated carbocycles. The highest BCUT2D eigenvalue weighted by Crippen LogP contribution is 2.41. The maximum absolute atomic E-state index is 11.6. The third-order valence-electron chi connectivity index (χ3n) is 4.36. The van der Waals surface area contributed by atoms with Crippen molar-refractivity contribution in [2.45, 2.75) is 52.2 Å². The molecule has 2 aromatic rings. The topological polar surface area (TPSA) is 51.3 Å². The number of hydrogen-bond donors (Lipinski definition) is 1. The predicted octanol–water partition coefficient (Wildman–Crippen LogP) is 3.82. The molecule has 118 valence electrons. The van der Waals surface area contributed by atoms with E-state index in [-0.39, 0.29) is 5.97 Å². The monoisotopic (exact) mass is 301 g/mol. The number of nitrogens with one attached hydrogen (secondary N) is 1. The fraction of sp³-hybridized carbons (Fsp3) is 0.500. The van der Waals surface area contributed by atoms with E-state index in [1.54, 1.807) is 0 Å². The minimum atomic E-state index is -0.960. The van der Waals surface area contributed by atoms with Gasteiger partial charge >= 0.3 is 5.97 Å². The van der Waals surface area contributed by atoms with E-state index in [0.717, 1.165) is 30.5 Å². The molecule has 0 fully saturated rings. The molecule has 0 radical (unpaired) electrons. The van der Waals surface area contributed by atoms with Crippen molar-refractivity contribution >= 4 is 16.9 Å². The molecule has 4 heteroatoms. The van der Waals surface area contributed by atoms with Crippen LogP contribution in [0.1, 0.15) is 50.4 Å². The van der Waals surface area contributed by atoms with Gasteiger partial charge < -0.3 is 14.5 Å². The summed E-state index contributed by atoms with van der Waals surface area (Å²) >= 11 is 0. The van der Waals surface area contributed by atoms with Gasteiger partial charge in [-0.1, -0.05) is 32.0 Å². The summed E-state index contributed by atoms with van der Waals surface area (Å²) in [7, 11) is 0. The van der Waals surface area contributed by atoms with Crippen molar-refractivity contribution < 1.29 is 14.3 Å². The average Bonchev–Trinajstić information content (AvgIpc) is 2.87. The highest BCUT2D eigenvalue weighted by Gasteiger charge is 2.43. The van der Waals surface area contributed by atoms with Gasteiger partial charge in [-0.25, -0.2) is 0 Å². The standard InChI is InChI=1S/C18H23NO3/c1-4-10-18(22-12(3)20)17-15(9-11-21-18)14-8-6-7-13(5-2)16(14)19-17/h6-8,19H,4-5,9-11H2,1-3H3. The molecule has 1 atom stereocenters. The molecule has 0 saturated heterocycles. The number of H-pyrrole nitrogens is 1. The summed E-state index contributed by atoms with van der Waals surface area (Å²) < 4.78 is 11.6. The number of esters is 1. The lowest BCUT2D eigenvalue weighted by molar-refractivity contribution is -0.247. The van der Waals surface area contributed by atoms with Gasteiger partial charge in [-0.2, -0.15) is 0 Å². The number of fused-ring (bicyclic) bond motifs is 3. The summed E-state index contributed by atoms with van der Waals surface area (Å²) in [6.07, 6.45) is 3.34. The molecule has 1 aliphatic rings. The molecular weight excluding hydrogens is 278 g/mol. The van der Waals surface area contributed by atoms with Crippen molar-refractivity contribution in [2.24, 2.45) is 0 Å². The first-order valence-electron chi connectivity index (χ1n) is 8.07. The third-order valence-corrected chi connectivity index (χ3v) is 4.36. The van der Waals surface area contributed by atoms with Crippen molar-refractivity contribution in [3.63, 3.8) is 0 Å². The molecule has 22 heavy (non-hydrogen) atoms. The maximum atomic E-state index is 11.6. The fourth-order valence-electron chi connectivity index (χ4n) is 3.49. The van der Waals surface area contributed by atoms with Gasteiger partial charge in [0.15, 0.2) is 0 Å². The second-order valence-corrected chi connectivity index (χ2v) is 5.87. The number of rotatable bonds is 4. The number of aromatic amines is 1. The Bertz CT molecular complexity index is 704. The van der Waals surface area contributed by atoms with E-state index in [9.17, 15) is 4.79 Å². The van der Waals surface area contributed by atoms with Crippen LogP contribution in [0.3, 0.4) is 0 Å². The first-order chi connectivity index (χ1) is 10.6. The number of aromatic nitrogens is 1. The van der Waals surface area contributed by atoms with Crippen LogP contribution in [0.15, 0.2) is 18.2 Å². The summed E-state index contributed by atoms with van der Waals surface area (Å²) in [5, 5.41) is 1.23. The fourth-order valence-corrected chi connectivity index (χ4v) is 3.49. The SMILES string of the molecule is CCCC1(OC(C)=O)OCCc2c1[nH]c1c(CC)cccc21. The Morgan fingerprint density at radius 1 is 1.41 bits per heavy atom. The van der Waals surface area contributed by atoms with Gasteiger partial charge in [-0.15, -0.1) is 0 Å². The lowest BCUT2D eigenvalue weighted by Crippen LogP contribution is -2.39.